The van der Waals surface area contributed by atoms with Crippen LogP contribution in [0.4, 0.5) is 0 Å². The van der Waals surface area contributed by atoms with E-state index in [4.69, 9.17) is 9.26 Å². The molecule has 0 spiro atoms. The summed E-state index contributed by atoms with van der Waals surface area (Å²) in [4.78, 5) is 19.9. The average Bonchev–Trinajstić information content (AvgIpc) is 3.23. The Morgan fingerprint density at radius 3 is 2.90 bits per heavy atom. The van der Waals surface area contributed by atoms with E-state index in [0.29, 0.717) is 31.9 Å². The fourth-order valence-electron chi connectivity index (χ4n) is 4.42. The Hall–Kier alpha value is -2.99. The summed E-state index contributed by atoms with van der Waals surface area (Å²) in [6, 6.07) is 16.0. The first-order valence-corrected chi connectivity index (χ1v) is 10.9. The van der Waals surface area contributed by atoms with E-state index in [0.717, 1.165) is 36.3 Å². The zero-order valence-electron chi connectivity index (χ0n) is 18.2. The van der Waals surface area contributed by atoms with Gasteiger partial charge in [0.15, 0.2) is 0 Å². The van der Waals surface area contributed by atoms with Gasteiger partial charge in [0.2, 0.25) is 0 Å². The predicted octanol–water partition coefficient (Wildman–Crippen LogP) is 4.43. The monoisotopic (exact) mass is 419 g/mol. The van der Waals surface area contributed by atoms with Crippen LogP contribution in [0, 0.1) is 12.3 Å². The average molecular weight is 420 g/mol. The third-order valence-corrected chi connectivity index (χ3v) is 5.86. The Kier molecular flexibility index (Phi) is 6.47. The van der Waals surface area contributed by atoms with Crippen LogP contribution in [0.5, 0.6) is 0 Å². The van der Waals surface area contributed by atoms with E-state index >= 15 is 0 Å². The quantitative estimate of drug-likeness (QED) is 0.528. The third kappa shape index (κ3) is 5.02. The topological polar surface area (TPSA) is 68.5 Å². The van der Waals surface area contributed by atoms with Gasteiger partial charge in [0.05, 0.1) is 17.7 Å². The molecule has 4 rings (SSSR count). The van der Waals surface area contributed by atoms with E-state index in [1.165, 1.54) is 5.56 Å². The molecule has 1 unspecified atom stereocenters. The SMILES string of the molecule is CCOC(=O)C1(Cc2cc(-c3cccc(C)c3)no2)CCCN(Cc2ccccn2)C1. The second-order valence-electron chi connectivity index (χ2n) is 8.36. The highest BCUT2D eigenvalue weighted by Gasteiger charge is 2.44. The molecule has 0 radical (unpaired) electrons. The molecular weight excluding hydrogens is 390 g/mol. The number of hydrogen-bond donors (Lipinski definition) is 0. The Morgan fingerprint density at radius 2 is 2.13 bits per heavy atom. The molecule has 1 aromatic carbocycles. The molecule has 0 bridgehead atoms. The van der Waals surface area contributed by atoms with E-state index in [1.807, 2.05) is 43.3 Å². The summed E-state index contributed by atoms with van der Waals surface area (Å²) < 4.78 is 11.2. The lowest BCUT2D eigenvalue weighted by Gasteiger charge is -2.40. The molecule has 0 amide bonds. The largest absolute Gasteiger partial charge is 0.466 e. The lowest BCUT2D eigenvalue weighted by Crippen LogP contribution is -2.49. The number of carbonyl (C=O) groups excluding carboxylic acids is 1. The van der Waals surface area contributed by atoms with Crippen LogP contribution < -0.4 is 0 Å². The number of carbonyl (C=O) groups is 1. The maximum atomic E-state index is 13.1. The van der Waals surface area contributed by atoms with E-state index in [9.17, 15) is 4.79 Å². The van der Waals surface area contributed by atoms with Gasteiger partial charge in [-0.3, -0.25) is 14.7 Å². The van der Waals surface area contributed by atoms with Gasteiger partial charge in [-0.1, -0.05) is 35.0 Å². The van der Waals surface area contributed by atoms with Gasteiger partial charge in [-0.05, 0) is 51.4 Å². The molecule has 3 heterocycles. The summed E-state index contributed by atoms with van der Waals surface area (Å²) in [5.41, 5.74) is 3.33. The number of nitrogens with zero attached hydrogens (tertiary/aromatic N) is 3. The van der Waals surface area contributed by atoms with Gasteiger partial charge in [0.1, 0.15) is 11.5 Å². The smallest absolute Gasteiger partial charge is 0.313 e. The number of aryl methyl sites for hydroxylation is 1. The molecule has 0 N–H and O–H groups in total. The van der Waals surface area contributed by atoms with Gasteiger partial charge in [-0.15, -0.1) is 0 Å². The Balaban J connectivity index is 1.56. The summed E-state index contributed by atoms with van der Waals surface area (Å²) in [7, 11) is 0. The summed E-state index contributed by atoms with van der Waals surface area (Å²) in [6.45, 7) is 6.53. The van der Waals surface area contributed by atoms with Crippen molar-refractivity contribution in [1.82, 2.24) is 15.0 Å². The fraction of sp³-hybridized carbons (Fsp3) is 0.400. The van der Waals surface area contributed by atoms with Crippen molar-refractivity contribution < 1.29 is 14.1 Å². The molecule has 0 aliphatic carbocycles. The number of benzene rings is 1. The molecule has 1 atom stereocenters. The van der Waals surface area contributed by atoms with Gasteiger partial charge >= 0.3 is 5.97 Å². The van der Waals surface area contributed by atoms with Crippen molar-refractivity contribution in [3.63, 3.8) is 0 Å². The summed E-state index contributed by atoms with van der Waals surface area (Å²) in [6.07, 6.45) is 3.97. The van der Waals surface area contributed by atoms with E-state index in [1.54, 1.807) is 6.20 Å². The molecule has 1 fully saturated rings. The van der Waals surface area contributed by atoms with Crippen molar-refractivity contribution in [3.05, 3.63) is 71.7 Å². The van der Waals surface area contributed by atoms with Crippen LogP contribution >= 0.6 is 0 Å². The molecule has 31 heavy (non-hydrogen) atoms. The molecule has 3 aromatic rings. The van der Waals surface area contributed by atoms with Crippen LogP contribution in [0.3, 0.4) is 0 Å². The maximum absolute atomic E-state index is 13.1. The normalized spacial score (nSPS) is 19.3. The molecular formula is C25H29N3O3. The first kappa shape index (κ1) is 21.2. The van der Waals surface area contributed by atoms with Gasteiger partial charge < -0.3 is 9.26 Å². The summed E-state index contributed by atoms with van der Waals surface area (Å²) in [5.74, 6) is 0.554. The Bertz CT molecular complexity index is 1020. The van der Waals surface area contributed by atoms with Gasteiger partial charge in [-0.2, -0.15) is 0 Å². The molecule has 1 saturated heterocycles. The van der Waals surface area contributed by atoms with Crippen LogP contribution in [0.15, 0.2) is 59.3 Å². The van der Waals surface area contributed by atoms with Crippen LogP contribution in [0.1, 0.15) is 36.8 Å². The van der Waals surface area contributed by atoms with Crippen LogP contribution in [0.25, 0.3) is 11.3 Å². The maximum Gasteiger partial charge on any atom is 0.313 e. The van der Waals surface area contributed by atoms with Crippen LogP contribution in [0.2, 0.25) is 0 Å². The number of esters is 1. The van der Waals surface area contributed by atoms with Crippen LogP contribution in [-0.2, 0) is 22.5 Å². The Labute approximate surface area is 183 Å². The molecule has 6 heteroatoms. The fourth-order valence-corrected chi connectivity index (χ4v) is 4.42. The number of likely N-dealkylation sites (tertiary alicyclic amines) is 1. The zero-order chi connectivity index (χ0) is 21.7. The van der Waals surface area contributed by atoms with Gasteiger partial charge in [-0.25, -0.2) is 0 Å². The molecule has 1 aliphatic heterocycles. The zero-order valence-corrected chi connectivity index (χ0v) is 18.2. The minimum absolute atomic E-state index is 0.158. The van der Waals surface area contributed by atoms with Crippen LogP contribution in [-0.4, -0.2) is 40.7 Å². The standard InChI is InChI=1S/C25H29N3O3/c1-3-30-24(29)25(11-7-13-28(18-25)17-21-10-4-5-12-26-21)16-22-15-23(27-31-22)20-9-6-8-19(2)14-20/h4-6,8-10,12,14-15H,3,7,11,13,16-18H2,1-2H3. The summed E-state index contributed by atoms with van der Waals surface area (Å²) in [5, 5.41) is 4.27. The summed E-state index contributed by atoms with van der Waals surface area (Å²) >= 11 is 0. The number of piperidine rings is 1. The second kappa shape index (κ2) is 9.43. The highest BCUT2D eigenvalue weighted by atomic mass is 16.5. The number of ether oxygens (including phenoxy) is 1. The van der Waals surface area contributed by atoms with Gasteiger partial charge in [0, 0.05) is 37.3 Å². The molecule has 1 aliphatic rings. The van der Waals surface area contributed by atoms with Crippen molar-refractivity contribution in [2.75, 3.05) is 19.7 Å². The number of hydrogen-bond acceptors (Lipinski definition) is 6. The number of pyridine rings is 1. The van der Waals surface area contributed by atoms with Crippen molar-refractivity contribution >= 4 is 5.97 Å². The minimum Gasteiger partial charge on any atom is -0.466 e. The van der Waals surface area contributed by atoms with E-state index in [2.05, 4.69) is 34.1 Å². The molecule has 2 aromatic heterocycles. The first-order chi connectivity index (χ1) is 15.1. The lowest BCUT2D eigenvalue weighted by atomic mass is 9.76. The molecule has 0 saturated carbocycles. The van der Waals surface area contributed by atoms with Crippen molar-refractivity contribution in [2.45, 2.75) is 39.7 Å². The van der Waals surface area contributed by atoms with E-state index in [-0.39, 0.29) is 5.97 Å². The highest BCUT2D eigenvalue weighted by Crippen LogP contribution is 2.36. The number of rotatable bonds is 7. The van der Waals surface area contributed by atoms with Crippen molar-refractivity contribution in [3.8, 4) is 11.3 Å². The van der Waals surface area contributed by atoms with Crippen molar-refractivity contribution in [2.24, 2.45) is 5.41 Å². The molecule has 6 nitrogen and oxygen atoms in total. The van der Waals surface area contributed by atoms with E-state index < -0.39 is 5.41 Å². The predicted molar refractivity (Wildman–Crippen MR) is 118 cm³/mol. The molecule has 162 valence electrons. The highest BCUT2D eigenvalue weighted by molar-refractivity contribution is 5.77. The first-order valence-electron chi connectivity index (χ1n) is 10.9. The second-order valence-corrected chi connectivity index (χ2v) is 8.36. The van der Waals surface area contributed by atoms with Gasteiger partial charge in [0.25, 0.3) is 0 Å². The Morgan fingerprint density at radius 1 is 1.23 bits per heavy atom. The number of aromatic nitrogens is 2. The third-order valence-electron chi connectivity index (χ3n) is 5.86. The minimum atomic E-state index is -0.646. The lowest BCUT2D eigenvalue weighted by molar-refractivity contribution is -0.159. The van der Waals surface area contributed by atoms with Crippen molar-refractivity contribution in [1.29, 1.82) is 0 Å².